The van der Waals surface area contributed by atoms with E-state index < -0.39 is 0 Å². The molecule has 1 N–H and O–H groups in total. The average Bonchev–Trinajstić information content (AvgIpc) is 3.39. The summed E-state index contributed by atoms with van der Waals surface area (Å²) >= 11 is 4.65. The van der Waals surface area contributed by atoms with Gasteiger partial charge in [0, 0.05) is 17.9 Å². The molecule has 2 amide bonds. The van der Waals surface area contributed by atoms with Crippen LogP contribution in [0.1, 0.15) is 40.7 Å². The Labute approximate surface area is 200 Å². The Morgan fingerprint density at radius 1 is 1.16 bits per heavy atom. The third-order valence-corrected chi connectivity index (χ3v) is 8.44. The molecular formula is C23H24N4O2S3. The number of anilines is 1. The van der Waals surface area contributed by atoms with Gasteiger partial charge in [0.25, 0.3) is 5.91 Å². The first kappa shape index (κ1) is 22.8. The fraction of sp³-hybridized carbons (Fsp3) is 0.304. The molecule has 1 aliphatic heterocycles. The molecule has 1 atom stereocenters. The van der Waals surface area contributed by atoms with Gasteiger partial charge in [0.15, 0.2) is 4.34 Å². The fourth-order valence-electron chi connectivity index (χ4n) is 3.21. The molecule has 0 bridgehead atoms. The maximum atomic E-state index is 12.6. The van der Waals surface area contributed by atoms with Crippen molar-refractivity contribution >= 4 is 51.8 Å². The van der Waals surface area contributed by atoms with Crippen LogP contribution >= 0.6 is 34.9 Å². The zero-order valence-corrected chi connectivity index (χ0v) is 20.3. The second-order valence-corrected chi connectivity index (χ2v) is 11.1. The van der Waals surface area contributed by atoms with Crippen LogP contribution in [0, 0.1) is 5.92 Å². The first-order valence-corrected chi connectivity index (χ1v) is 13.2. The fourth-order valence-corrected chi connectivity index (χ4v) is 6.12. The van der Waals surface area contributed by atoms with Gasteiger partial charge < -0.3 is 4.90 Å². The van der Waals surface area contributed by atoms with Crippen LogP contribution in [-0.2, 0) is 11.3 Å². The van der Waals surface area contributed by atoms with Gasteiger partial charge in [0.2, 0.25) is 11.0 Å². The molecule has 0 spiro atoms. The molecule has 1 saturated heterocycles. The average molecular weight is 485 g/mol. The number of hydrogen-bond acceptors (Lipinski definition) is 7. The Bertz CT molecular complexity index is 1070. The Kier molecular flexibility index (Phi) is 7.49. The molecule has 2 aromatic carbocycles. The number of nitrogens with zero attached hydrogens (tertiary/aromatic N) is 3. The Morgan fingerprint density at radius 3 is 2.62 bits per heavy atom. The number of benzene rings is 2. The van der Waals surface area contributed by atoms with Crippen molar-refractivity contribution in [3.63, 3.8) is 0 Å². The van der Waals surface area contributed by atoms with E-state index in [0.717, 1.165) is 21.2 Å². The molecule has 166 valence electrons. The van der Waals surface area contributed by atoms with Crippen molar-refractivity contribution in [1.82, 2.24) is 15.1 Å². The molecule has 0 aliphatic carbocycles. The predicted molar refractivity (Wildman–Crippen MR) is 132 cm³/mol. The SMILES string of the molecule is CC(C)CSc1nnc(NC(=O)c2ccc(C3SCC(=O)N3Cc3ccccc3)cc2)s1. The highest BCUT2D eigenvalue weighted by Gasteiger charge is 2.32. The number of nitrogens with one attached hydrogen (secondary N) is 1. The largest absolute Gasteiger partial charge is 0.322 e. The summed E-state index contributed by atoms with van der Waals surface area (Å²) < 4.78 is 0.853. The van der Waals surface area contributed by atoms with E-state index in [9.17, 15) is 9.59 Å². The molecule has 1 unspecified atom stereocenters. The third-order valence-electron chi connectivity index (χ3n) is 4.79. The first-order valence-electron chi connectivity index (χ1n) is 10.3. The van der Waals surface area contributed by atoms with E-state index in [1.165, 1.54) is 11.3 Å². The Morgan fingerprint density at radius 2 is 1.91 bits per heavy atom. The van der Waals surface area contributed by atoms with E-state index in [0.29, 0.717) is 28.9 Å². The first-order chi connectivity index (χ1) is 15.5. The summed E-state index contributed by atoms with van der Waals surface area (Å²) in [6, 6.07) is 17.4. The van der Waals surface area contributed by atoms with E-state index in [4.69, 9.17) is 0 Å². The van der Waals surface area contributed by atoms with Gasteiger partial charge in [0.05, 0.1) is 5.75 Å². The minimum atomic E-state index is -0.218. The molecule has 1 fully saturated rings. The van der Waals surface area contributed by atoms with Crippen LogP contribution in [-0.4, -0.2) is 38.4 Å². The molecule has 6 nitrogen and oxygen atoms in total. The Balaban J connectivity index is 1.40. The maximum Gasteiger partial charge on any atom is 0.257 e. The number of aromatic nitrogens is 2. The Hall–Kier alpha value is -2.36. The van der Waals surface area contributed by atoms with E-state index in [-0.39, 0.29) is 17.2 Å². The lowest BCUT2D eigenvalue weighted by molar-refractivity contribution is -0.128. The van der Waals surface area contributed by atoms with Crippen molar-refractivity contribution in [2.45, 2.75) is 30.1 Å². The molecule has 1 aliphatic rings. The summed E-state index contributed by atoms with van der Waals surface area (Å²) in [5.74, 6) is 1.91. The number of carbonyl (C=O) groups excluding carboxylic acids is 2. The molecule has 9 heteroatoms. The van der Waals surface area contributed by atoms with E-state index in [1.807, 2.05) is 47.4 Å². The van der Waals surface area contributed by atoms with Crippen LogP contribution in [0.4, 0.5) is 5.13 Å². The number of rotatable bonds is 8. The smallest absolute Gasteiger partial charge is 0.257 e. The van der Waals surface area contributed by atoms with Crippen molar-refractivity contribution in [1.29, 1.82) is 0 Å². The van der Waals surface area contributed by atoms with Crippen molar-refractivity contribution in [2.24, 2.45) is 5.92 Å². The van der Waals surface area contributed by atoms with Crippen LogP contribution < -0.4 is 5.32 Å². The highest BCUT2D eigenvalue weighted by molar-refractivity contribution is 8.01. The molecule has 2 heterocycles. The second kappa shape index (κ2) is 10.5. The summed E-state index contributed by atoms with van der Waals surface area (Å²) in [6.45, 7) is 4.89. The van der Waals surface area contributed by atoms with Gasteiger partial charge in [-0.1, -0.05) is 79.4 Å². The minimum absolute atomic E-state index is 0.0523. The minimum Gasteiger partial charge on any atom is -0.322 e. The van der Waals surface area contributed by atoms with Gasteiger partial charge in [-0.3, -0.25) is 14.9 Å². The van der Waals surface area contributed by atoms with E-state index in [1.54, 1.807) is 35.7 Å². The molecule has 0 radical (unpaired) electrons. The summed E-state index contributed by atoms with van der Waals surface area (Å²) in [5, 5.41) is 11.5. The van der Waals surface area contributed by atoms with Crippen molar-refractivity contribution < 1.29 is 9.59 Å². The molecule has 1 aromatic heterocycles. The number of hydrogen-bond donors (Lipinski definition) is 1. The van der Waals surface area contributed by atoms with Gasteiger partial charge in [-0.25, -0.2) is 0 Å². The molecular weight excluding hydrogens is 460 g/mol. The topological polar surface area (TPSA) is 75.2 Å². The molecule has 32 heavy (non-hydrogen) atoms. The standard InChI is InChI=1S/C23H24N4O2S3/c1-15(2)13-31-23-26-25-22(32-23)24-20(29)17-8-10-18(11-9-17)21-27(19(28)14-30-21)12-16-6-4-3-5-7-16/h3-11,15,21H,12-14H2,1-2H3,(H,24,25,29). The third kappa shape index (κ3) is 5.70. The van der Waals surface area contributed by atoms with Crippen molar-refractivity contribution in [2.75, 3.05) is 16.8 Å². The normalized spacial score (nSPS) is 16.0. The van der Waals surface area contributed by atoms with E-state index >= 15 is 0 Å². The van der Waals surface area contributed by atoms with Crippen LogP contribution in [0.5, 0.6) is 0 Å². The quantitative estimate of drug-likeness (QED) is 0.345. The lowest BCUT2D eigenvalue weighted by atomic mass is 10.1. The second-order valence-electron chi connectivity index (χ2n) is 7.82. The van der Waals surface area contributed by atoms with Crippen LogP contribution in [0.15, 0.2) is 58.9 Å². The zero-order valence-electron chi connectivity index (χ0n) is 17.9. The number of thioether (sulfide) groups is 2. The van der Waals surface area contributed by atoms with Crippen LogP contribution in [0.25, 0.3) is 0 Å². The van der Waals surface area contributed by atoms with Gasteiger partial charge in [-0.2, -0.15) is 0 Å². The lowest BCUT2D eigenvalue weighted by Crippen LogP contribution is -2.27. The highest BCUT2D eigenvalue weighted by atomic mass is 32.2. The van der Waals surface area contributed by atoms with Gasteiger partial charge in [-0.15, -0.1) is 22.0 Å². The zero-order chi connectivity index (χ0) is 22.5. The predicted octanol–water partition coefficient (Wildman–Crippen LogP) is 5.31. The van der Waals surface area contributed by atoms with Gasteiger partial charge in [-0.05, 0) is 29.2 Å². The lowest BCUT2D eigenvalue weighted by Gasteiger charge is -2.24. The molecule has 0 saturated carbocycles. The van der Waals surface area contributed by atoms with Crippen LogP contribution in [0.2, 0.25) is 0 Å². The van der Waals surface area contributed by atoms with Crippen molar-refractivity contribution in [3.8, 4) is 0 Å². The molecule has 3 aromatic rings. The summed E-state index contributed by atoms with van der Waals surface area (Å²) in [5.41, 5.74) is 2.66. The summed E-state index contributed by atoms with van der Waals surface area (Å²) in [7, 11) is 0. The summed E-state index contributed by atoms with van der Waals surface area (Å²) in [4.78, 5) is 27.0. The summed E-state index contributed by atoms with van der Waals surface area (Å²) in [6.07, 6.45) is 0. The number of carbonyl (C=O) groups is 2. The van der Waals surface area contributed by atoms with Gasteiger partial charge in [0.1, 0.15) is 5.37 Å². The van der Waals surface area contributed by atoms with Crippen molar-refractivity contribution in [3.05, 3.63) is 71.3 Å². The number of amides is 2. The highest BCUT2D eigenvalue weighted by Crippen LogP contribution is 2.39. The maximum absolute atomic E-state index is 12.6. The van der Waals surface area contributed by atoms with Crippen LogP contribution in [0.3, 0.4) is 0 Å². The van der Waals surface area contributed by atoms with Gasteiger partial charge >= 0.3 is 0 Å². The molecule has 4 rings (SSSR count). The van der Waals surface area contributed by atoms with E-state index in [2.05, 4.69) is 29.4 Å². The monoisotopic (exact) mass is 484 g/mol.